The van der Waals surface area contributed by atoms with Crippen molar-refractivity contribution in [2.45, 2.75) is 0 Å². The van der Waals surface area contributed by atoms with Crippen LogP contribution in [-0.2, 0) is 52.4 Å². The van der Waals surface area contributed by atoms with E-state index in [1.54, 1.807) is 0 Å². The number of rotatable bonds is 20. The first-order chi connectivity index (χ1) is 21.8. The lowest BCUT2D eigenvalue weighted by Crippen LogP contribution is -2.46. The largest absolute Gasteiger partial charge is 0.461 e. The number of esters is 5. The Bertz CT molecular complexity index is 1140. The third kappa shape index (κ3) is 20.1. The molecule has 0 heterocycles. The Balaban J connectivity index is 6.50. The maximum Gasteiger partial charge on any atom is 0.336 e. The summed E-state index contributed by atoms with van der Waals surface area (Å²) in [5.41, 5.74) is -4.56. The summed E-state index contributed by atoms with van der Waals surface area (Å²) >= 11 is 0. The molecule has 0 aromatic heterocycles. The van der Waals surface area contributed by atoms with Crippen LogP contribution in [0.25, 0.3) is 0 Å². The van der Waals surface area contributed by atoms with Crippen molar-refractivity contribution in [2.24, 2.45) is 10.8 Å². The van der Waals surface area contributed by atoms with Crippen LogP contribution in [0.2, 0.25) is 0 Å². The smallest absolute Gasteiger partial charge is 0.336 e. The summed E-state index contributed by atoms with van der Waals surface area (Å²) in [5.74, 6) is -8.82. The van der Waals surface area contributed by atoms with Gasteiger partial charge in [-0.1, -0.05) is 0 Å². The highest BCUT2D eigenvalue weighted by Crippen LogP contribution is 2.26. The third-order valence-corrected chi connectivity index (χ3v) is 4.89. The van der Waals surface area contributed by atoms with Crippen molar-refractivity contribution in [2.75, 3.05) is 52.9 Å². The molecule has 0 atom stereocenters. The summed E-state index contributed by atoms with van der Waals surface area (Å²) in [7, 11) is 0. The van der Waals surface area contributed by atoms with Crippen LogP contribution in [-0.4, -0.2) is 87.8 Å². The van der Waals surface area contributed by atoms with Gasteiger partial charge in [-0.25, -0.2) is 24.0 Å². The number of hydrogen-bond acceptors (Lipinski definition) is 12. The zero-order valence-corrected chi connectivity index (χ0v) is 23.3. The predicted molar refractivity (Wildman–Crippen MR) is 129 cm³/mol. The molecule has 0 saturated carbocycles. The molecular weight excluding hydrogens is 682 g/mol. The van der Waals surface area contributed by atoms with Gasteiger partial charge in [0.15, 0.2) is 0 Å². The Morgan fingerprint density at radius 3 is 0.830 bits per heavy atom. The van der Waals surface area contributed by atoms with E-state index in [4.69, 9.17) is 4.74 Å². The average molecular weight is 704 g/mol. The second-order valence-corrected chi connectivity index (χ2v) is 8.86. The van der Waals surface area contributed by atoms with Gasteiger partial charge in [-0.05, 0) is 0 Å². The van der Waals surface area contributed by atoms with Crippen molar-refractivity contribution in [3.63, 3.8) is 0 Å². The molecule has 0 rings (SSSR count). The average Bonchev–Trinajstić information content (AvgIpc) is 2.93. The van der Waals surface area contributed by atoms with E-state index in [0.29, 0.717) is 0 Å². The lowest BCUT2D eigenvalue weighted by atomic mass is 9.90. The summed E-state index contributed by atoms with van der Waals surface area (Å²) in [5, 5.41) is 9.95. The lowest BCUT2D eigenvalue weighted by molar-refractivity contribution is -0.167. The number of hydrogen-bond donors (Lipinski definition) is 1. The zero-order valence-electron chi connectivity index (χ0n) is 23.3. The molecule has 0 saturated heterocycles. The van der Waals surface area contributed by atoms with Crippen molar-refractivity contribution in [3.05, 3.63) is 60.8 Å². The van der Waals surface area contributed by atoms with Gasteiger partial charge >= 0.3 is 29.8 Å². The second kappa shape index (κ2) is 21.1. The van der Waals surface area contributed by atoms with Gasteiger partial charge in [0, 0.05) is 0 Å². The maximum absolute atomic E-state index is 12.5. The normalized spacial score (nSPS) is 10.8. The van der Waals surface area contributed by atoms with Crippen LogP contribution >= 0.6 is 0 Å². The van der Waals surface area contributed by atoms with Crippen molar-refractivity contribution in [1.29, 1.82) is 0 Å². The fourth-order valence-corrected chi connectivity index (χ4v) is 2.77. The summed E-state index contributed by atoms with van der Waals surface area (Å²) in [6, 6.07) is 0. The Morgan fingerprint density at radius 2 is 0.617 bits per heavy atom. The molecule has 0 bridgehead atoms. The first-order valence-electron chi connectivity index (χ1n) is 12.0. The van der Waals surface area contributed by atoms with Crippen LogP contribution in [0.5, 0.6) is 0 Å². The number of aliphatic hydroxyl groups is 1. The molecule has 47 heavy (non-hydrogen) atoms. The highest BCUT2D eigenvalue weighted by atomic mass is 19.3. The fourth-order valence-electron chi connectivity index (χ4n) is 2.77. The molecule has 0 amide bonds. The Labute approximate surface area is 256 Å². The molecule has 0 aliphatic rings. The molecule has 12 nitrogen and oxygen atoms in total. The van der Waals surface area contributed by atoms with Crippen molar-refractivity contribution < 1.29 is 101 Å². The molecule has 0 spiro atoms. The van der Waals surface area contributed by atoms with E-state index < -0.39 is 124 Å². The maximum atomic E-state index is 12.5. The van der Waals surface area contributed by atoms with Gasteiger partial charge in [0.05, 0.1) is 61.0 Å². The molecule has 0 radical (unpaired) electrons. The van der Waals surface area contributed by atoms with Crippen LogP contribution in [0.15, 0.2) is 60.8 Å². The second-order valence-electron chi connectivity index (χ2n) is 8.86. The number of aliphatic hydroxyl groups excluding tert-OH is 1. The van der Waals surface area contributed by atoms with E-state index in [9.17, 15) is 73.0 Å². The van der Waals surface area contributed by atoms with E-state index in [2.05, 4.69) is 23.7 Å². The topological polar surface area (TPSA) is 161 Å². The van der Waals surface area contributed by atoms with Gasteiger partial charge in [-0.15, -0.1) is 0 Å². The number of ether oxygens (including phenoxy) is 6. The van der Waals surface area contributed by atoms with E-state index in [-0.39, 0.29) is 30.4 Å². The van der Waals surface area contributed by atoms with E-state index in [1.807, 2.05) is 0 Å². The lowest BCUT2D eigenvalue weighted by Gasteiger charge is -2.34. The molecule has 0 aromatic rings. The van der Waals surface area contributed by atoms with Crippen LogP contribution in [0.3, 0.4) is 0 Å². The van der Waals surface area contributed by atoms with Crippen LogP contribution in [0.4, 0.5) is 43.9 Å². The Morgan fingerprint density at radius 1 is 0.404 bits per heavy atom. The van der Waals surface area contributed by atoms with Crippen molar-refractivity contribution in [3.8, 4) is 0 Å². The zero-order chi connectivity index (χ0) is 36.2. The monoisotopic (exact) mass is 704 g/mol. The molecular formula is C25H22F10O12. The van der Waals surface area contributed by atoms with Gasteiger partial charge < -0.3 is 33.5 Å². The van der Waals surface area contributed by atoms with Crippen LogP contribution in [0.1, 0.15) is 0 Å². The molecule has 0 unspecified atom stereocenters. The minimum atomic E-state index is -2.58. The minimum Gasteiger partial charge on any atom is -0.461 e. The predicted octanol–water partition coefficient (Wildman–Crippen LogP) is 3.59. The van der Waals surface area contributed by atoms with Gasteiger partial charge in [0.25, 0.3) is 30.4 Å². The molecule has 0 fully saturated rings. The summed E-state index contributed by atoms with van der Waals surface area (Å²) in [6.45, 7) is -9.56. The van der Waals surface area contributed by atoms with E-state index in [1.165, 1.54) is 0 Å². The standard InChI is InChI=1S/C25H22F10O12/c26-14(27)1-19(37)43-9-24(6-36,10-44-20(38)2-15(28)29)7-42-8-25(11-45-21(39)3-16(30)31,12-46-22(40)4-17(32)33)13-47-23(41)5-18(34)35/h1-5,36H,6-13H2. The van der Waals surface area contributed by atoms with Crippen LogP contribution in [0, 0.1) is 10.8 Å². The molecule has 0 aliphatic carbocycles. The number of halogens is 10. The van der Waals surface area contributed by atoms with Crippen molar-refractivity contribution >= 4 is 29.8 Å². The Hall–Kier alpha value is -4.73. The van der Waals surface area contributed by atoms with Gasteiger partial charge in [0.2, 0.25) is 0 Å². The number of carbonyl (C=O) groups is 5. The quantitative estimate of drug-likeness (QED) is 0.0851. The molecule has 1 N–H and O–H groups in total. The third-order valence-electron chi connectivity index (χ3n) is 4.89. The SMILES string of the molecule is O=C(C=C(F)F)OCC(CO)(COCC(COC(=O)C=C(F)F)(COC(=O)C=C(F)F)COC(=O)C=C(F)F)COC(=O)C=C(F)F. The fraction of sp³-hybridized carbons (Fsp3) is 0.400. The molecule has 264 valence electrons. The van der Waals surface area contributed by atoms with E-state index in [0.717, 1.165) is 0 Å². The highest BCUT2D eigenvalue weighted by molar-refractivity contribution is 5.83. The van der Waals surface area contributed by atoms with Gasteiger partial charge in [0.1, 0.15) is 33.0 Å². The Kier molecular flexibility index (Phi) is 19.0. The highest BCUT2D eigenvalue weighted by Gasteiger charge is 2.39. The molecule has 22 heteroatoms. The first-order valence-corrected chi connectivity index (χ1v) is 12.0. The number of carbonyl (C=O) groups excluding carboxylic acids is 5. The summed E-state index contributed by atoms with van der Waals surface area (Å²) in [4.78, 5) is 58.2. The van der Waals surface area contributed by atoms with Gasteiger partial charge in [-0.2, -0.15) is 43.9 Å². The minimum absolute atomic E-state index is 0.323. The molecule has 0 aromatic carbocycles. The summed E-state index contributed by atoms with van der Waals surface area (Å²) < 4.78 is 152. The first kappa shape index (κ1) is 42.3. The van der Waals surface area contributed by atoms with E-state index >= 15 is 0 Å². The molecule has 0 aliphatic heterocycles. The van der Waals surface area contributed by atoms with Gasteiger partial charge in [-0.3, -0.25) is 0 Å². The van der Waals surface area contributed by atoms with Crippen molar-refractivity contribution in [1.82, 2.24) is 0 Å². The summed E-state index contributed by atoms with van der Waals surface area (Å²) in [6.07, 6.45) is -14.6. The van der Waals surface area contributed by atoms with Crippen LogP contribution < -0.4 is 0 Å².